The molecule has 1 aromatic heterocycles. The maximum atomic E-state index is 7.18. The van der Waals surface area contributed by atoms with E-state index in [1.165, 1.54) is 109 Å². The molecule has 0 amide bonds. The summed E-state index contributed by atoms with van der Waals surface area (Å²) in [6.07, 6.45) is 0. The van der Waals surface area contributed by atoms with Crippen LogP contribution in [0.4, 0.5) is 22.7 Å². The van der Waals surface area contributed by atoms with Crippen molar-refractivity contribution in [3.63, 3.8) is 0 Å². The van der Waals surface area contributed by atoms with Gasteiger partial charge in [-0.15, -0.1) is 0 Å². The highest BCUT2D eigenvalue weighted by molar-refractivity contribution is 6.90. The number of benzene rings is 12. The van der Waals surface area contributed by atoms with Crippen molar-refractivity contribution in [1.82, 2.24) is 4.48 Å². The van der Waals surface area contributed by atoms with Crippen LogP contribution in [0.3, 0.4) is 0 Å². The van der Waals surface area contributed by atoms with Crippen molar-refractivity contribution in [2.75, 3.05) is 10.6 Å². The van der Waals surface area contributed by atoms with Crippen LogP contribution in [0.5, 0.6) is 0 Å². The van der Waals surface area contributed by atoms with Gasteiger partial charge in [0.2, 0.25) is 0 Å². The fraction of sp³-hybridized carbons (Fsp3) is 0. The van der Waals surface area contributed by atoms with E-state index >= 15 is 0 Å². The van der Waals surface area contributed by atoms with Gasteiger partial charge in [-0.3, -0.25) is 0 Å². The summed E-state index contributed by atoms with van der Waals surface area (Å²) in [6, 6.07) is 81.1. The molecule has 3 nitrogen and oxygen atoms in total. The molecule has 12 aromatic carbocycles. The van der Waals surface area contributed by atoms with Crippen molar-refractivity contribution in [1.29, 1.82) is 0 Å². The molecule has 66 heavy (non-hydrogen) atoms. The van der Waals surface area contributed by atoms with Gasteiger partial charge in [0.05, 0.1) is 0 Å². The Balaban J connectivity index is 1.11. The van der Waals surface area contributed by atoms with Crippen LogP contribution < -0.4 is 21.6 Å². The number of rotatable bonds is 3. The van der Waals surface area contributed by atoms with Crippen LogP contribution in [-0.4, -0.2) is 11.3 Å². The number of nitrogens with zero attached hydrogens (tertiary/aromatic N) is 2. The quantitative estimate of drug-likeness (QED) is 0.0833. The summed E-state index contributed by atoms with van der Waals surface area (Å²) in [4.78, 5) is 2.52. The first-order valence-corrected chi connectivity index (χ1v) is 22.9. The standard InChI is InChI=1S/C62H38BN3/c64-44-35-54-55-30-39-19-7-8-20-46(39)60-51-25-13-14-26-57(51)66(62(55)60)63-56-33-42-31-52-49-23-11-9-21-47(49)48-22-10-12-24-50(48)53(52)32-43(42)34-58(56)65(59(36-44)61(54)63)45-28-40(37-15-3-1-4-16-37)27-41(29-45)38-17-5-2-6-18-38/h1-36H,64H2. The second-order valence-corrected chi connectivity index (χ2v) is 18.2. The van der Waals surface area contributed by atoms with Gasteiger partial charge < -0.3 is 15.1 Å². The minimum absolute atomic E-state index is 0.128. The van der Waals surface area contributed by atoms with Gasteiger partial charge in [0.15, 0.2) is 0 Å². The van der Waals surface area contributed by atoms with E-state index in [4.69, 9.17) is 5.73 Å². The van der Waals surface area contributed by atoms with E-state index in [0.29, 0.717) is 0 Å². The molecule has 0 aliphatic carbocycles. The molecule has 0 radical (unpaired) electrons. The Labute approximate surface area is 381 Å². The van der Waals surface area contributed by atoms with Crippen LogP contribution in [0.25, 0.3) is 109 Å². The Bertz CT molecular complexity index is 4190. The zero-order valence-corrected chi connectivity index (χ0v) is 35.8. The molecule has 0 atom stereocenters. The molecule has 2 N–H and O–H groups in total. The predicted molar refractivity (Wildman–Crippen MR) is 283 cm³/mol. The Morgan fingerprint density at radius 3 is 1.56 bits per heavy atom. The fourth-order valence-corrected chi connectivity index (χ4v) is 12.0. The third-order valence-electron chi connectivity index (χ3n) is 14.7. The first-order chi connectivity index (χ1) is 32.6. The number of hydrogen-bond donors (Lipinski definition) is 1. The van der Waals surface area contributed by atoms with Crippen LogP contribution in [0.15, 0.2) is 218 Å². The lowest BCUT2D eigenvalue weighted by Crippen LogP contribution is -2.56. The highest BCUT2D eigenvalue weighted by Gasteiger charge is 2.43. The third kappa shape index (κ3) is 4.88. The number of para-hydroxylation sites is 1. The molecule has 304 valence electrons. The second kappa shape index (κ2) is 13.2. The molecule has 13 aromatic rings. The van der Waals surface area contributed by atoms with Gasteiger partial charge in [-0.25, -0.2) is 0 Å². The summed E-state index contributed by atoms with van der Waals surface area (Å²) in [5.74, 6) is 0. The van der Waals surface area contributed by atoms with Crippen LogP contribution in [0.1, 0.15) is 0 Å². The summed E-state index contributed by atoms with van der Waals surface area (Å²) in [7, 11) is 0. The normalized spacial score (nSPS) is 12.8. The Morgan fingerprint density at radius 2 is 0.909 bits per heavy atom. The highest BCUT2D eigenvalue weighted by Crippen LogP contribution is 2.50. The zero-order valence-electron chi connectivity index (χ0n) is 35.8. The molecule has 3 heterocycles. The SMILES string of the molecule is Nc1cc2c3c(c1)N(c1cc(-c4ccccc4)cc(-c4ccccc4)c1)c1cc4cc5c6ccccc6c6ccccc6c5cc4cc1B3n1c3ccccc3c3c4ccccc4cc-2c31. The second-order valence-electron chi connectivity index (χ2n) is 18.2. The van der Waals surface area contributed by atoms with Gasteiger partial charge in [0.25, 0.3) is 0 Å². The maximum Gasteiger partial charge on any atom is 0.333 e. The monoisotopic (exact) mass is 835 g/mol. The molecule has 0 saturated heterocycles. The van der Waals surface area contributed by atoms with Crippen LogP contribution in [0.2, 0.25) is 0 Å². The average molecular weight is 836 g/mol. The van der Waals surface area contributed by atoms with E-state index in [1.807, 2.05) is 0 Å². The summed E-state index contributed by atoms with van der Waals surface area (Å²) >= 11 is 0. The summed E-state index contributed by atoms with van der Waals surface area (Å²) in [5, 5.41) is 15.1. The van der Waals surface area contributed by atoms with Gasteiger partial charge >= 0.3 is 6.85 Å². The van der Waals surface area contributed by atoms with E-state index in [1.54, 1.807) is 0 Å². The molecular weight excluding hydrogens is 798 g/mol. The number of nitrogens with two attached hydrogens (primary N) is 1. The van der Waals surface area contributed by atoms with Gasteiger partial charge in [-0.1, -0.05) is 158 Å². The number of aromatic nitrogens is 1. The first kappa shape index (κ1) is 35.8. The summed E-state index contributed by atoms with van der Waals surface area (Å²) < 4.78 is 2.66. The lowest BCUT2D eigenvalue weighted by molar-refractivity contribution is 1.26. The van der Waals surface area contributed by atoms with Gasteiger partial charge in [-0.2, -0.15) is 0 Å². The molecule has 0 saturated carbocycles. The molecule has 2 aliphatic heterocycles. The van der Waals surface area contributed by atoms with E-state index in [-0.39, 0.29) is 6.85 Å². The van der Waals surface area contributed by atoms with Gasteiger partial charge in [0.1, 0.15) is 0 Å². The van der Waals surface area contributed by atoms with Crippen molar-refractivity contribution in [2.45, 2.75) is 0 Å². The average Bonchev–Trinajstić information content (AvgIpc) is 3.72. The molecule has 0 bridgehead atoms. The van der Waals surface area contributed by atoms with Gasteiger partial charge in [-0.05, 0) is 153 Å². The highest BCUT2D eigenvalue weighted by atomic mass is 15.2. The zero-order chi connectivity index (χ0) is 43.2. The summed E-state index contributed by atoms with van der Waals surface area (Å²) in [6.45, 7) is -0.128. The number of hydrogen-bond acceptors (Lipinski definition) is 2. The smallest absolute Gasteiger partial charge is 0.333 e. The molecule has 4 heteroatoms. The molecule has 0 spiro atoms. The fourth-order valence-electron chi connectivity index (χ4n) is 12.0. The Kier molecular flexibility index (Phi) is 7.18. The lowest BCUT2D eigenvalue weighted by atomic mass is 9.45. The largest absolute Gasteiger partial charge is 0.399 e. The van der Waals surface area contributed by atoms with Gasteiger partial charge in [0, 0.05) is 50.1 Å². The van der Waals surface area contributed by atoms with E-state index in [0.717, 1.165) is 33.9 Å². The lowest BCUT2D eigenvalue weighted by Gasteiger charge is -2.41. The van der Waals surface area contributed by atoms with Crippen molar-refractivity contribution in [3.8, 4) is 33.4 Å². The van der Waals surface area contributed by atoms with Crippen molar-refractivity contribution in [3.05, 3.63) is 218 Å². The minimum atomic E-state index is -0.128. The molecule has 0 fully saturated rings. The Hall–Kier alpha value is -8.60. The molecular formula is C62H38BN3. The van der Waals surface area contributed by atoms with Crippen molar-refractivity contribution >= 4 is 116 Å². The van der Waals surface area contributed by atoms with Crippen molar-refractivity contribution < 1.29 is 0 Å². The summed E-state index contributed by atoms with van der Waals surface area (Å²) in [5.41, 5.74) is 23.4. The number of anilines is 4. The maximum absolute atomic E-state index is 7.18. The van der Waals surface area contributed by atoms with Crippen LogP contribution in [-0.2, 0) is 0 Å². The Morgan fingerprint density at radius 1 is 0.364 bits per heavy atom. The van der Waals surface area contributed by atoms with E-state index < -0.39 is 0 Å². The van der Waals surface area contributed by atoms with E-state index in [9.17, 15) is 0 Å². The first-order valence-electron chi connectivity index (χ1n) is 22.9. The van der Waals surface area contributed by atoms with Crippen LogP contribution in [0, 0.1) is 0 Å². The molecule has 15 rings (SSSR count). The van der Waals surface area contributed by atoms with Crippen molar-refractivity contribution in [2.24, 2.45) is 0 Å². The third-order valence-corrected chi connectivity index (χ3v) is 14.7. The molecule has 0 unspecified atom stereocenters. The predicted octanol–water partition coefficient (Wildman–Crippen LogP) is 14.9. The van der Waals surface area contributed by atoms with E-state index in [2.05, 4.69) is 228 Å². The number of fused-ring (bicyclic) bond motifs is 16. The topological polar surface area (TPSA) is 34.2 Å². The molecule has 2 aliphatic rings. The number of nitrogen functional groups attached to an aromatic ring is 1. The van der Waals surface area contributed by atoms with Crippen LogP contribution >= 0.6 is 0 Å². The minimum Gasteiger partial charge on any atom is -0.399 e.